The molecule has 0 radical (unpaired) electrons. The van der Waals surface area contributed by atoms with E-state index in [1.165, 1.54) is 4.90 Å². The zero-order chi connectivity index (χ0) is 38.5. The quantitative estimate of drug-likeness (QED) is 0.232. The summed E-state index contributed by atoms with van der Waals surface area (Å²) in [6.07, 6.45) is -4.28. The van der Waals surface area contributed by atoms with Gasteiger partial charge < -0.3 is 25.1 Å². The predicted molar refractivity (Wildman–Crippen MR) is 190 cm³/mol. The normalized spacial score (nSPS) is 24.4. The predicted octanol–water partition coefficient (Wildman–Crippen LogP) is 4.09. The van der Waals surface area contributed by atoms with Crippen LogP contribution in [0.15, 0.2) is 53.7 Å². The van der Waals surface area contributed by atoms with Crippen LogP contribution >= 0.6 is 0 Å². The molecule has 1 heterocycles. The van der Waals surface area contributed by atoms with E-state index in [9.17, 15) is 36.4 Å². The summed E-state index contributed by atoms with van der Waals surface area (Å²) in [4.78, 5) is 61.9. The van der Waals surface area contributed by atoms with Crippen LogP contribution in [0.4, 0.5) is 13.6 Å². The van der Waals surface area contributed by atoms with Crippen LogP contribution in [0.1, 0.15) is 77.8 Å². The number of benzene rings is 2. The van der Waals surface area contributed by atoms with Crippen molar-refractivity contribution in [3.8, 4) is 11.1 Å². The number of sulfonamides is 1. The highest BCUT2D eigenvalue weighted by Gasteiger charge is 2.66. The van der Waals surface area contributed by atoms with Crippen LogP contribution in [0.2, 0.25) is 0 Å². The largest absolute Gasteiger partial charge is 0.444 e. The molecule has 286 valence electrons. The van der Waals surface area contributed by atoms with Gasteiger partial charge >= 0.3 is 6.09 Å². The van der Waals surface area contributed by atoms with Crippen LogP contribution in [0.25, 0.3) is 11.1 Å². The van der Waals surface area contributed by atoms with E-state index >= 15 is 0 Å². The van der Waals surface area contributed by atoms with Crippen molar-refractivity contribution in [3.63, 3.8) is 0 Å². The van der Waals surface area contributed by atoms with Crippen molar-refractivity contribution in [3.05, 3.63) is 59.7 Å². The Bertz CT molecular complexity index is 1880. The minimum Gasteiger partial charge on any atom is -0.444 e. The first-order chi connectivity index (χ1) is 25.0. The average molecular weight is 758 g/mol. The number of halogens is 2. The topological polar surface area (TPSA) is 173 Å². The minimum atomic E-state index is -4.12. The van der Waals surface area contributed by atoms with E-state index in [0.29, 0.717) is 25.0 Å². The Labute approximate surface area is 307 Å². The van der Waals surface area contributed by atoms with Crippen LogP contribution in [0, 0.1) is 11.8 Å². The molecule has 3 aliphatic carbocycles. The van der Waals surface area contributed by atoms with Crippen LogP contribution < -0.4 is 15.4 Å². The summed E-state index contributed by atoms with van der Waals surface area (Å²) in [5.74, 6) is -4.93. The molecule has 6 atom stereocenters. The van der Waals surface area contributed by atoms with E-state index in [4.69, 9.17) is 9.57 Å². The molecule has 3 fully saturated rings. The molecule has 2 aromatic rings. The molecular formula is C37H45F2N5O8S. The first-order valence-corrected chi connectivity index (χ1v) is 19.4. The molecule has 53 heavy (non-hydrogen) atoms. The van der Waals surface area contributed by atoms with Crippen molar-refractivity contribution in [2.45, 2.75) is 108 Å². The zero-order valence-corrected chi connectivity index (χ0v) is 31.0. The lowest BCUT2D eigenvalue weighted by Gasteiger charge is -2.32. The van der Waals surface area contributed by atoms with Gasteiger partial charge in [0.2, 0.25) is 28.3 Å². The number of nitrogens with one attached hydrogen (secondary N) is 3. The third kappa shape index (κ3) is 7.87. The second-order valence-electron chi connectivity index (χ2n) is 15.3. The van der Waals surface area contributed by atoms with Gasteiger partial charge in [0, 0.05) is 17.5 Å². The summed E-state index contributed by atoms with van der Waals surface area (Å²) >= 11 is 0. The van der Waals surface area contributed by atoms with Crippen LogP contribution in [0.5, 0.6) is 0 Å². The fraction of sp³-hybridized carbons (Fsp3) is 0.541. The average Bonchev–Trinajstić information content (AvgIpc) is 4.01. The number of fused-ring (bicyclic) bond motifs is 3. The third-order valence-corrected chi connectivity index (χ3v) is 12.0. The van der Waals surface area contributed by atoms with Crippen LogP contribution in [-0.2, 0) is 34.0 Å². The standard InChI is InChI=1S/C37H45F2N5O8S/c1-6-20(2)29(40-35(48)51-36(3,4)5)33(46)44-19-21(52-42-30-25-13-9-7-11-23(25)24-12-8-10-14-26(24)30)17-28(44)32(45)41-37(18-27(37)31(38)39)34(47)43-53(49,50)22-15-16-22/h7-14,20-22,27-29,31H,6,15-19H2,1-5H3,(H,40,48)(H,41,45)(H,43,47)/t20?,21-,27+,28?,29+,37+/m1/s1. The molecule has 4 aliphatic rings. The molecule has 6 rings (SSSR count). The summed E-state index contributed by atoms with van der Waals surface area (Å²) in [5.41, 5.74) is 1.05. The van der Waals surface area contributed by atoms with Crippen molar-refractivity contribution in [1.29, 1.82) is 0 Å². The Morgan fingerprint density at radius 1 is 1.00 bits per heavy atom. The number of ether oxygens (including phenoxy) is 1. The van der Waals surface area contributed by atoms with Gasteiger partial charge in [-0.25, -0.2) is 22.0 Å². The minimum absolute atomic E-state index is 0.144. The van der Waals surface area contributed by atoms with Gasteiger partial charge in [0.15, 0.2) is 0 Å². The highest BCUT2D eigenvalue weighted by atomic mass is 32.2. The smallest absolute Gasteiger partial charge is 0.408 e. The fourth-order valence-corrected chi connectivity index (χ4v) is 8.28. The number of hydrogen-bond donors (Lipinski definition) is 3. The summed E-state index contributed by atoms with van der Waals surface area (Å²) in [6.45, 7) is 8.41. The number of rotatable bonds is 12. The molecule has 2 unspecified atom stereocenters. The molecule has 2 aromatic carbocycles. The maximum Gasteiger partial charge on any atom is 0.408 e. The molecule has 0 spiro atoms. The third-order valence-electron chi connectivity index (χ3n) is 10.2. The molecule has 0 bridgehead atoms. The summed E-state index contributed by atoms with van der Waals surface area (Å²) in [7, 11) is -4.12. The second-order valence-corrected chi connectivity index (χ2v) is 17.3. The highest BCUT2D eigenvalue weighted by Crippen LogP contribution is 2.48. The number of hydrogen-bond acceptors (Lipinski definition) is 9. The van der Waals surface area contributed by atoms with E-state index in [1.54, 1.807) is 27.7 Å². The lowest BCUT2D eigenvalue weighted by molar-refractivity contribution is -0.142. The van der Waals surface area contributed by atoms with Gasteiger partial charge in [0.25, 0.3) is 5.91 Å². The van der Waals surface area contributed by atoms with Gasteiger partial charge in [0.05, 0.1) is 17.7 Å². The van der Waals surface area contributed by atoms with Crippen molar-refractivity contribution >= 4 is 39.5 Å². The number of oxime groups is 1. The summed E-state index contributed by atoms with van der Waals surface area (Å²) in [6, 6.07) is 12.8. The SMILES string of the molecule is CCC(C)[C@H](NC(=O)OC(C)(C)C)C(=O)N1C[C@H](ON=C2c3ccccc3-c3ccccc32)CC1C(=O)N[C@@]1(C(=O)NS(=O)(=O)C2CC2)C[C@H]1C(F)F. The number of carbonyl (C=O) groups excluding carboxylic acids is 4. The molecular weight excluding hydrogens is 712 g/mol. The van der Waals surface area contributed by atoms with E-state index in [0.717, 1.165) is 22.3 Å². The maximum absolute atomic E-state index is 14.4. The molecule has 2 saturated carbocycles. The van der Waals surface area contributed by atoms with Crippen molar-refractivity contribution in [2.75, 3.05) is 6.54 Å². The number of amides is 4. The maximum atomic E-state index is 14.4. The molecule has 16 heteroatoms. The van der Waals surface area contributed by atoms with E-state index in [2.05, 4.69) is 15.8 Å². The highest BCUT2D eigenvalue weighted by molar-refractivity contribution is 7.91. The van der Waals surface area contributed by atoms with Gasteiger partial charge in [-0.15, -0.1) is 0 Å². The number of nitrogens with zero attached hydrogens (tertiary/aromatic N) is 2. The molecule has 13 nitrogen and oxygen atoms in total. The Kier molecular flexibility index (Phi) is 10.3. The van der Waals surface area contributed by atoms with E-state index in [-0.39, 0.29) is 13.0 Å². The first kappa shape index (κ1) is 38.1. The van der Waals surface area contributed by atoms with Crippen molar-refractivity contribution in [1.82, 2.24) is 20.3 Å². The van der Waals surface area contributed by atoms with Gasteiger partial charge in [-0.3, -0.25) is 19.1 Å². The van der Waals surface area contributed by atoms with Crippen LogP contribution in [0.3, 0.4) is 0 Å². The Morgan fingerprint density at radius 2 is 1.58 bits per heavy atom. The summed E-state index contributed by atoms with van der Waals surface area (Å²) < 4.78 is 60.7. The molecule has 1 aliphatic heterocycles. The lowest BCUT2D eigenvalue weighted by atomic mass is 9.97. The monoisotopic (exact) mass is 757 g/mol. The van der Waals surface area contributed by atoms with E-state index < -0.39 is 93.1 Å². The Hall–Kier alpha value is -4.60. The molecule has 1 saturated heterocycles. The van der Waals surface area contributed by atoms with Crippen molar-refractivity contribution < 1.29 is 46.0 Å². The first-order valence-electron chi connectivity index (χ1n) is 17.8. The van der Waals surface area contributed by atoms with E-state index in [1.807, 2.05) is 60.2 Å². The van der Waals surface area contributed by atoms with Crippen LogP contribution in [-0.4, -0.2) is 90.4 Å². The zero-order valence-electron chi connectivity index (χ0n) is 30.2. The van der Waals surface area contributed by atoms with Gasteiger partial charge in [0.1, 0.15) is 35.0 Å². The number of alkyl carbamates (subject to hydrolysis) is 1. The number of alkyl halides is 2. The number of carbonyl (C=O) groups is 4. The lowest BCUT2D eigenvalue weighted by Crippen LogP contribution is -2.59. The molecule has 3 N–H and O–H groups in total. The molecule has 4 amide bonds. The Morgan fingerprint density at radius 3 is 2.09 bits per heavy atom. The van der Waals surface area contributed by atoms with Crippen molar-refractivity contribution in [2.24, 2.45) is 17.0 Å². The van der Waals surface area contributed by atoms with Gasteiger partial charge in [-0.05, 0) is 57.1 Å². The second kappa shape index (κ2) is 14.3. The molecule has 0 aromatic heterocycles. The Balaban J connectivity index is 1.29. The number of likely N-dealkylation sites (tertiary alicyclic amines) is 1. The van der Waals surface area contributed by atoms with Gasteiger partial charge in [-0.1, -0.05) is 74.0 Å². The van der Waals surface area contributed by atoms with Gasteiger partial charge in [-0.2, -0.15) is 0 Å². The summed E-state index contributed by atoms with van der Waals surface area (Å²) in [5, 5.41) is 8.74. The fourth-order valence-electron chi connectivity index (χ4n) is 6.92.